The summed E-state index contributed by atoms with van der Waals surface area (Å²) in [5.41, 5.74) is 3.13. The molecule has 0 bridgehead atoms. The molecule has 6 heteroatoms. The molecule has 5 nitrogen and oxygen atoms in total. The van der Waals surface area contributed by atoms with E-state index in [1.54, 1.807) is 12.3 Å². The second-order valence-electron chi connectivity index (χ2n) is 4.99. The molecule has 0 atom stereocenters. The molecule has 0 unspecified atom stereocenters. The third-order valence-corrected chi connectivity index (χ3v) is 3.86. The van der Waals surface area contributed by atoms with E-state index in [1.165, 1.54) is 4.90 Å². The fourth-order valence-electron chi connectivity index (χ4n) is 2.45. The van der Waals surface area contributed by atoms with Gasteiger partial charge in [0.05, 0.1) is 11.4 Å². The molecule has 1 aromatic carbocycles. The first kappa shape index (κ1) is 14.5. The van der Waals surface area contributed by atoms with Crippen LogP contribution in [0, 0.1) is 6.92 Å². The number of anilines is 1. The van der Waals surface area contributed by atoms with Crippen molar-refractivity contribution in [1.29, 1.82) is 0 Å². The smallest absolute Gasteiger partial charge is 0.281 e. The Kier molecular flexibility index (Phi) is 3.77. The third-order valence-electron chi connectivity index (χ3n) is 3.58. The summed E-state index contributed by atoms with van der Waals surface area (Å²) in [6.45, 7) is 4.70. The predicted octanol–water partition coefficient (Wildman–Crippen LogP) is 2.47. The lowest BCUT2D eigenvalue weighted by atomic mass is 10.2. The van der Waals surface area contributed by atoms with Crippen LogP contribution in [-0.4, -0.2) is 20.8 Å². The molecule has 0 spiro atoms. The Balaban J connectivity index is 1.97. The molecule has 1 N–H and O–H groups in total. The summed E-state index contributed by atoms with van der Waals surface area (Å²) >= 11 is 5.32. The molecule has 1 amide bonds. The van der Waals surface area contributed by atoms with Crippen molar-refractivity contribution in [2.75, 3.05) is 4.90 Å². The van der Waals surface area contributed by atoms with Gasteiger partial charge in [0.15, 0.2) is 5.11 Å². The minimum atomic E-state index is -0.150. The Morgan fingerprint density at radius 1 is 1.32 bits per heavy atom. The highest BCUT2D eigenvalue weighted by atomic mass is 32.1. The number of nitrogens with one attached hydrogen (secondary N) is 1. The Morgan fingerprint density at radius 3 is 2.82 bits per heavy atom. The van der Waals surface area contributed by atoms with Gasteiger partial charge in [-0.25, -0.2) is 0 Å². The molecule has 1 saturated heterocycles. The van der Waals surface area contributed by atoms with Gasteiger partial charge >= 0.3 is 0 Å². The number of aryl methyl sites for hydroxylation is 2. The maximum absolute atomic E-state index is 12.7. The van der Waals surface area contributed by atoms with E-state index in [0.717, 1.165) is 23.5 Å². The molecule has 1 aliphatic rings. The number of benzene rings is 1. The van der Waals surface area contributed by atoms with E-state index in [2.05, 4.69) is 10.4 Å². The quantitative estimate of drug-likeness (QED) is 0.699. The van der Waals surface area contributed by atoms with Crippen molar-refractivity contribution < 1.29 is 4.79 Å². The lowest BCUT2D eigenvalue weighted by molar-refractivity contribution is -0.113. The molecule has 1 aliphatic heterocycles. The van der Waals surface area contributed by atoms with E-state index >= 15 is 0 Å². The van der Waals surface area contributed by atoms with Crippen molar-refractivity contribution in [3.05, 3.63) is 53.5 Å². The first-order chi connectivity index (χ1) is 10.6. The lowest BCUT2D eigenvalue weighted by Crippen LogP contribution is -2.30. The van der Waals surface area contributed by atoms with Gasteiger partial charge in [0, 0.05) is 12.7 Å². The first-order valence-electron chi connectivity index (χ1n) is 7.06. The zero-order chi connectivity index (χ0) is 15.7. The standard InChI is InChI=1S/C16H16N4OS/c1-3-19-12(8-9-17-19)10-13-15(21)20(16(22)18-13)14-7-5-4-6-11(14)2/h4-10H,3H2,1-2H3,(H,18,22)/b13-10+. The van der Waals surface area contributed by atoms with Crippen LogP contribution in [0.4, 0.5) is 5.69 Å². The van der Waals surface area contributed by atoms with Crippen LogP contribution in [0.25, 0.3) is 6.08 Å². The number of carbonyl (C=O) groups excluding carboxylic acids is 1. The number of hydrogen-bond acceptors (Lipinski definition) is 3. The first-order valence-corrected chi connectivity index (χ1v) is 7.47. The van der Waals surface area contributed by atoms with Crippen LogP contribution in [-0.2, 0) is 11.3 Å². The molecule has 2 aromatic rings. The average molecular weight is 312 g/mol. The Bertz CT molecular complexity index is 778. The van der Waals surface area contributed by atoms with Crippen LogP contribution >= 0.6 is 12.2 Å². The van der Waals surface area contributed by atoms with Gasteiger partial charge in [-0.15, -0.1) is 0 Å². The normalized spacial score (nSPS) is 16.5. The lowest BCUT2D eigenvalue weighted by Gasteiger charge is -2.16. The van der Waals surface area contributed by atoms with Gasteiger partial charge < -0.3 is 5.32 Å². The summed E-state index contributed by atoms with van der Waals surface area (Å²) in [5, 5.41) is 7.59. The summed E-state index contributed by atoms with van der Waals surface area (Å²) in [6.07, 6.45) is 3.50. The molecule has 1 aromatic heterocycles. The largest absolute Gasteiger partial charge is 0.327 e. The van der Waals surface area contributed by atoms with Gasteiger partial charge in [-0.2, -0.15) is 5.10 Å². The Labute approximate surface area is 134 Å². The maximum Gasteiger partial charge on any atom is 0.281 e. The molecule has 0 aliphatic carbocycles. The highest BCUT2D eigenvalue weighted by Crippen LogP contribution is 2.25. The monoisotopic (exact) mass is 312 g/mol. The Morgan fingerprint density at radius 2 is 2.09 bits per heavy atom. The number of rotatable bonds is 3. The van der Waals surface area contributed by atoms with Gasteiger partial charge in [0.2, 0.25) is 0 Å². The summed E-state index contributed by atoms with van der Waals surface area (Å²) in [7, 11) is 0. The second-order valence-corrected chi connectivity index (χ2v) is 5.37. The molecule has 0 radical (unpaired) electrons. The molecule has 0 saturated carbocycles. The summed E-state index contributed by atoms with van der Waals surface area (Å²) in [5.74, 6) is -0.150. The van der Waals surface area contributed by atoms with Crippen molar-refractivity contribution in [3.63, 3.8) is 0 Å². The number of thiocarbonyl (C=S) groups is 1. The number of aromatic nitrogens is 2. The van der Waals surface area contributed by atoms with E-state index in [1.807, 2.05) is 48.9 Å². The summed E-state index contributed by atoms with van der Waals surface area (Å²) < 4.78 is 1.82. The molecule has 112 valence electrons. The van der Waals surface area contributed by atoms with Gasteiger partial charge in [-0.3, -0.25) is 14.4 Å². The van der Waals surface area contributed by atoms with E-state index in [9.17, 15) is 4.79 Å². The number of para-hydroxylation sites is 1. The van der Waals surface area contributed by atoms with E-state index in [4.69, 9.17) is 12.2 Å². The Hall–Kier alpha value is -2.47. The van der Waals surface area contributed by atoms with Crippen LogP contribution in [0.2, 0.25) is 0 Å². The van der Waals surface area contributed by atoms with E-state index in [0.29, 0.717) is 10.8 Å². The second kappa shape index (κ2) is 5.73. The number of carbonyl (C=O) groups is 1. The average Bonchev–Trinajstić information content (AvgIpc) is 3.06. The molecular weight excluding hydrogens is 296 g/mol. The van der Waals surface area contributed by atoms with E-state index < -0.39 is 0 Å². The van der Waals surface area contributed by atoms with Crippen LogP contribution in [0.5, 0.6) is 0 Å². The number of hydrogen-bond donors (Lipinski definition) is 1. The van der Waals surface area contributed by atoms with Gasteiger partial charge in [0.25, 0.3) is 5.91 Å². The maximum atomic E-state index is 12.7. The predicted molar refractivity (Wildman–Crippen MR) is 90.3 cm³/mol. The molecular formula is C16H16N4OS. The fraction of sp³-hybridized carbons (Fsp3) is 0.188. The fourth-order valence-corrected chi connectivity index (χ4v) is 2.74. The SMILES string of the molecule is CCn1nccc1/C=C1/NC(=S)N(c2ccccc2C)C1=O. The van der Waals surface area contributed by atoms with Gasteiger partial charge in [-0.1, -0.05) is 18.2 Å². The zero-order valence-electron chi connectivity index (χ0n) is 12.4. The van der Waals surface area contributed by atoms with Crippen molar-refractivity contribution in [2.45, 2.75) is 20.4 Å². The van der Waals surface area contributed by atoms with Crippen LogP contribution in [0.15, 0.2) is 42.2 Å². The summed E-state index contributed by atoms with van der Waals surface area (Å²) in [6, 6.07) is 9.54. The van der Waals surface area contributed by atoms with Gasteiger partial charge in [-0.05, 0) is 49.8 Å². The van der Waals surface area contributed by atoms with Crippen molar-refractivity contribution >= 4 is 35.0 Å². The van der Waals surface area contributed by atoms with Crippen LogP contribution in [0.3, 0.4) is 0 Å². The van der Waals surface area contributed by atoms with E-state index in [-0.39, 0.29) is 5.91 Å². The third kappa shape index (κ3) is 2.42. The van der Waals surface area contributed by atoms with Crippen LogP contribution < -0.4 is 10.2 Å². The number of amides is 1. The summed E-state index contributed by atoms with van der Waals surface area (Å²) in [4.78, 5) is 14.2. The highest BCUT2D eigenvalue weighted by molar-refractivity contribution is 7.80. The zero-order valence-corrected chi connectivity index (χ0v) is 13.2. The minimum Gasteiger partial charge on any atom is -0.327 e. The van der Waals surface area contributed by atoms with Crippen LogP contribution in [0.1, 0.15) is 18.2 Å². The van der Waals surface area contributed by atoms with Crippen molar-refractivity contribution in [2.24, 2.45) is 0 Å². The number of nitrogens with zero attached hydrogens (tertiary/aromatic N) is 3. The molecule has 3 rings (SSSR count). The van der Waals surface area contributed by atoms with Crippen molar-refractivity contribution in [3.8, 4) is 0 Å². The topological polar surface area (TPSA) is 50.2 Å². The van der Waals surface area contributed by atoms with Gasteiger partial charge in [0.1, 0.15) is 5.70 Å². The molecule has 2 heterocycles. The molecule has 1 fully saturated rings. The minimum absolute atomic E-state index is 0.150. The van der Waals surface area contributed by atoms with Crippen molar-refractivity contribution in [1.82, 2.24) is 15.1 Å². The molecule has 22 heavy (non-hydrogen) atoms. The highest BCUT2D eigenvalue weighted by Gasteiger charge is 2.32.